The van der Waals surface area contributed by atoms with E-state index in [0.29, 0.717) is 0 Å². The Labute approximate surface area is 572 Å². The van der Waals surface area contributed by atoms with E-state index >= 15 is 0 Å². The summed E-state index contributed by atoms with van der Waals surface area (Å²) in [5.41, 5.74) is 35.8. The van der Waals surface area contributed by atoms with Crippen molar-refractivity contribution in [3.63, 3.8) is 0 Å². The summed E-state index contributed by atoms with van der Waals surface area (Å²) in [4.78, 5) is 13.2. The van der Waals surface area contributed by atoms with E-state index in [0.717, 1.165) is 57.0 Å². The molecule has 0 aromatic heterocycles. The van der Waals surface area contributed by atoms with Crippen LogP contribution in [0.2, 0.25) is 0 Å². The number of para-hydroxylation sites is 4. The van der Waals surface area contributed by atoms with Gasteiger partial charge in [0.25, 0.3) is 20.1 Å². The average Bonchev–Trinajstić information content (AvgIpc) is 0.658. The Morgan fingerprint density at radius 2 is 0.577 bits per heavy atom. The summed E-state index contributed by atoms with van der Waals surface area (Å²) in [5, 5.41) is 0. The maximum Gasteiger partial charge on any atom is 0.252 e. The summed E-state index contributed by atoms with van der Waals surface area (Å²) < 4.78 is 8.00. The van der Waals surface area contributed by atoms with Crippen LogP contribution in [0, 0.1) is 0 Å². The summed E-state index contributed by atoms with van der Waals surface area (Å²) in [6.07, 6.45) is 0. The monoisotopic (exact) mass is 1250 g/mol. The average molecular weight is 1250 g/mol. The van der Waals surface area contributed by atoms with Crippen molar-refractivity contribution in [3.8, 4) is 22.6 Å². The fourth-order valence-electron chi connectivity index (χ4n) is 17.6. The minimum absolute atomic E-state index is 0.107. The highest BCUT2D eigenvalue weighted by Crippen LogP contribution is 2.60. The maximum absolute atomic E-state index is 8.00. The highest BCUT2D eigenvalue weighted by Gasteiger charge is 2.56. The van der Waals surface area contributed by atoms with Gasteiger partial charge in [0.05, 0.1) is 11.4 Å². The minimum Gasteiger partial charge on any atom is -0.452 e. The van der Waals surface area contributed by atoms with Crippen LogP contribution in [0.3, 0.4) is 0 Å². The zero-order valence-electron chi connectivity index (χ0n) is 57.5. The highest BCUT2D eigenvalue weighted by molar-refractivity contribution is 7.06. The predicted molar refractivity (Wildman–Crippen MR) is 414 cm³/mol. The van der Waals surface area contributed by atoms with Gasteiger partial charge in [-0.2, -0.15) is 0 Å². The molecule has 7 aliphatic rings. The molecule has 0 fully saturated rings. The van der Waals surface area contributed by atoms with Gasteiger partial charge in [0.2, 0.25) is 0 Å². The predicted octanol–water partition coefficient (Wildman–Crippen LogP) is 17.4. The Balaban J connectivity index is 0.981. The summed E-state index contributed by atoms with van der Waals surface area (Å²) >= 11 is 0. The summed E-state index contributed by atoms with van der Waals surface area (Å²) in [5.74, 6) is 1.92. The number of benzene rings is 12. The van der Waals surface area contributed by atoms with Gasteiger partial charge in [0.1, 0.15) is 0 Å². The number of hydrogen-bond donors (Lipinski definition) is 0. The lowest BCUT2D eigenvalue weighted by Crippen LogP contribution is -2.70. The smallest absolute Gasteiger partial charge is 0.252 e. The third kappa shape index (κ3) is 8.24. The van der Waals surface area contributed by atoms with Crippen molar-refractivity contribution in [2.45, 2.75) is 105 Å². The van der Waals surface area contributed by atoms with E-state index in [-0.39, 0.29) is 41.8 Å². The fourth-order valence-corrected chi connectivity index (χ4v) is 17.6. The van der Waals surface area contributed by atoms with E-state index in [4.69, 9.17) is 4.74 Å². The maximum atomic E-state index is 8.00. The molecule has 0 atom stereocenters. The molecule has 0 saturated heterocycles. The summed E-state index contributed by atoms with van der Waals surface area (Å²) in [7, 11) is 0. The molecule has 0 amide bonds. The number of rotatable bonds is 5. The number of fused-ring (bicyclic) bond motifs is 10. The molecule has 12 aromatic rings. The molecule has 7 heterocycles. The molecule has 0 radical (unpaired) electrons. The lowest BCUT2D eigenvalue weighted by atomic mass is 9.27. The fraction of sp³-hybridized carbons (Fsp3) is 0.182. The Morgan fingerprint density at radius 3 is 0.959 bits per heavy atom. The Hall–Kier alpha value is -10.4. The second-order valence-corrected chi connectivity index (χ2v) is 32.1. The molecule has 97 heavy (non-hydrogen) atoms. The highest BCUT2D eigenvalue weighted by atomic mass is 16.5. The molecule has 7 aliphatic heterocycles. The zero-order chi connectivity index (χ0) is 66.1. The van der Waals surface area contributed by atoms with Gasteiger partial charge in [-0.1, -0.05) is 241 Å². The summed E-state index contributed by atoms with van der Waals surface area (Å²) in [6, 6.07) is 93.2. The van der Waals surface area contributed by atoms with Gasteiger partial charge in [-0.25, -0.2) is 0 Å². The first-order chi connectivity index (χ1) is 46.7. The molecule has 6 nitrogen and oxygen atoms in total. The second-order valence-electron chi connectivity index (χ2n) is 32.1. The molecule has 0 N–H and O–H groups in total. The Morgan fingerprint density at radius 1 is 0.247 bits per heavy atom. The van der Waals surface area contributed by atoms with Gasteiger partial charge in [-0.15, -0.1) is 0 Å². The van der Waals surface area contributed by atoms with Crippen molar-refractivity contribution in [2.75, 3.05) is 24.5 Å². The van der Waals surface area contributed by atoms with Crippen LogP contribution < -0.4 is 78.4 Å². The number of nitrogens with zero attached hydrogens (tertiary/aromatic N) is 5. The van der Waals surface area contributed by atoms with Crippen LogP contribution in [0.25, 0.3) is 11.1 Å². The standard InChI is InChI=1S/C88H76B3N5O/c1-85(2,3)55-38-42-63-69(48-55)93(58-32-22-15-23-33-58)75-52-76-79-82-78(75)89(63)65-44-40-61(87(7,8)9)83-80(65)96(82)81-66(45-41-62(84(81)97-83)88(10,11)12)91(79)68-50-67-71(51-72(68)95(76)60-36-26-17-27-37-60)94(59-34-24-16-25-35-59)74-47-54(53-28-18-13-19-29-53)46-73-77(74)90(67)64-43-39-56(86(4,5)6)49-70(64)92(73)57-30-20-14-21-31-57/h13-52H,1-12H3. The molecule has 9 heteroatoms. The molecular weight excluding hydrogens is 1180 g/mol. The molecule has 19 rings (SSSR count). The molecule has 0 bridgehead atoms. The SMILES string of the molecule is CC(C)(C)c1ccc2c(c1)N(c1ccccc1)c1cc(-c3ccccc3)cc3c1B2c1cc2c(cc1N3c1ccccc1)N(c1ccccc1)c1cc3c4c5c1B2c1ccc(C(C)(C)C)c2c1N5c1c(ccc(C(C)(C)C)c1O2)B4c1ccc(C(C)(C)C)cc1N3c1ccccc1. The van der Waals surface area contributed by atoms with Crippen LogP contribution in [-0.4, -0.2) is 20.1 Å². The number of hydrogen-bond acceptors (Lipinski definition) is 6. The topological polar surface area (TPSA) is 25.4 Å². The number of ether oxygens (including phenoxy) is 1. The lowest BCUT2D eigenvalue weighted by molar-refractivity contribution is 0.433. The molecule has 0 aliphatic carbocycles. The van der Waals surface area contributed by atoms with Crippen LogP contribution in [0.15, 0.2) is 243 Å². The Bertz CT molecular complexity index is 5340. The summed E-state index contributed by atoms with van der Waals surface area (Å²) in [6.45, 7) is 27.7. The molecule has 0 unspecified atom stereocenters. The van der Waals surface area contributed by atoms with Crippen molar-refractivity contribution in [3.05, 3.63) is 265 Å². The van der Waals surface area contributed by atoms with Crippen LogP contribution >= 0.6 is 0 Å². The largest absolute Gasteiger partial charge is 0.452 e. The first-order valence-electron chi connectivity index (χ1n) is 34.8. The van der Waals surface area contributed by atoms with E-state index in [1.165, 1.54) is 122 Å². The van der Waals surface area contributed by atoms with Gasteiger partial charge in [-0.05, 0) is 178 Å². The van der Waals surface area contributed by atoms with Crippen LogP contribution in [0.5, 0.6) is 11.5 Å². The normalized spacial score (nSPS) is 14.7. The van der Waals surface area contributed by atoms with E-state index < -0.39 is 0 Å². The Kier molecular flexibility index (Phi) is 12.0. The molecular formula is C88H76B3N5O. The molecule has 0 saturated carbocycles. The van der Waals surface area contributed by atoms with Gasteiger partial charge in [0, 0.05) is 85.1 Å². The third-order valence-electron chi connectivity index (χ3n) is 22.1. The molecule has 0 spiro atoms. The third-order valence-corrected chi connectivity index (χ3v) is 22.1. The van der Waals surface area contributed by atoms with E-state index in [9.17, 15) is 0 Å². The van der Waals surface area contributed by atoms with Crippen molar-refractivity contribution < 1.29 is 4.74 Å². The van der Waals surface area contributed by atoms with Crippen LogP contribution in [-0.2, 0) is 21.7 Å². The zero-order valence-corrected chi connectivity index (χ0v) is 57.5. The van der Waals surface area contributed by atoms with Crippen molar-refractivity contribution in [2.24, 2.45) is 0 Å². The van der Waals surface area contributed by atoms with Gasteiger partial charge < -0.3 is 29.2 Å². The van der Waals surface area contributed by atoms with Gasteiger partial charge >= 0.3 is 0 Å². The van der Waals surface area contributed by atoms with E-state index in [1.807, 2.05) is 0 Å². The van der Waals surface area contributed by atoms with Crippen molar-refractivity contribution in [1.82, 2.24) is 0 Å². The van der Waals surface area contributed by atoms with Crippen LogP contribution in [0.1, 0.15) is 105 Å². The molecule has 468 valence electrons. The van der Waals surface area contributed by atoms with Gasteiger partial charge in [0.15, 0.2) is 11.5 Å². The van der Waals surface area contributed by atoms with E-state index in [2.05, 4.69) is 350 Å². The van der Waals surface area contributed by atoms with E-state index in [1.54, 1.807) is 0 Å². The second kappa shape index (κ2) is 20.1. The quantitative estimate of drug-likeness (QED) is 0.159. The first-order valence-corrected chi connectivity index (χ1v) is 34.8. The number of anilines is 15. The lowest BCUT2D eigenvalue weighted by Gasteiger charge is -2.53. The van der Waals surface area contributed by atoms with Crippen molar-refractivity contribution >= 4 is 155 Å². The van der Waals surface area contributed by atoms with Crippen LogP contribution in [0.4, 0.5) is 85.3 Å². The molecule has 12 aromatic carbocycles. The van der Waals surface area contributed by atoms with Gasteiger partial charge in [-0.3, -0.25) is 0 Å². The minimum atomic E-state index is -0.260. The van der Waals surface area contributed by atoms with Crippen molar-refractivity contribution in [1.29, 1.82) is 0 Å². The first kappa shape index (κ1) is 58.0.